The third-order valence-electron chi connectivity index (χ3n) is 3.88. The van der Waals surface area contributed by atoms with E-state index in [4.69, 9.17) is 4.74 Å². The predicted molar refractivity (Wildman–Crippen MR) is 83.6 cm³/mol. The van der Waals surface area contributed by atoms with Crippen molar-refractivity contribution in [3.63, 3.8) is 0 Å². The highest BCUT2D eigenvalue weighted by Gasteiger charge is 2.21. The van der Waals surface area contributed by atoms with Gasteiger partial charge in [-0.05, 0) is 36.1 Å². The molecule has 0 saturated heterocycles. The molecular formula is C18H21NO2. The summed E-state index contributed by atoms with van der Waals surface area (Å²) in [5.41, 5.74) is 2.84. The fraction of sp³-hybridized carbons (Fsp3) is 0.333. The molecule has 2 aromatic rings. The molecule has 0 spiro atoms. The lowest BCUT2D eigenvalue weighted by molar-refractivity contribution is 0.104. The van der Waals surface area contributed by atoms with Gasteiger partial charge in [0.15, 0.2) is 0 Å². The molecule has 0 saturated carbocycles. The van der Waals surface area contributed by atoms with E-state index >= 15 is 0 Å². The van der Waals surface area contributed by atoms with Crippen LogP contribution in [0.25, 0.3) is 0 Å². The molecule has 2 aromatic carbocycles. The zero-order valence-electron chi connectivity index (χ0n) is 12.0. The monoisotopic (exact) mass is 283 g/mol. The van der Waals surface area contributed by atoms with Gasteiger partial charge >= 0.3 is 0 Å². The van der Waals surface area contributed by atoms with Crippen LogP contribution in [-0.2, 0) is 12.8 Å². The Hall–Kier alpha value is -1.84. The summed E-state index contributed by atoms with van der Waals surface area (Å²) < 4.78 is 5.55. The van der Waals surface area contributed by atoms with E-state index < -0.39 is 6.10 Å². The summed E-state index contributed by atoms with van der Waals surface area (Å²) >= 11 is 0. The van der Waals surface area contributed by atoms with E-state index in [2.05, 4.69) is 29.6 Å². The Labute approximate surface area is 125 Å². The van der Waals surface area contributed by atoms with Crippen LogP contribution in [0.5, 0.6) is 5.75 Å². The summed E-state index contributed by atoms with van der Waals surface area (Å²) in [6.45, 7) is 0.877. The molecule has 2 N–H and O–H groups in total. The molecule has 0 bridgehead atoms. The van der Waals surface area contributed by atoms with Crippen LogP contribution >= 0.6 is 0 Å². The topological polar surface area (TPSA) is 41.5 Å². The van der Waals surface area contributed by atoms with Crippen molar-refractivity contribution in [1.82, 2.24) is 5.32 Å². The molecule has 1 aliphatic carbocycles. The summed E-state index contributed by atoms with van der Waals surface area (Å²) in [6, 6.07) is 18.6. The summed E-state index contributed by atoms with van der Waals surface area (Å²) in [5.74, 6) is 0.796. The number of ether oxygens (including phenoxy) is 1. The maximum atomic E-state index is 10.0. The number of hydrogen-bond acceptors (Lipinski definition) is 3. The van der Waals surface area contributed by atoms with Gasteiger partial charge in [0.25, 0.3) is 0 Å². The number of para-hydroxylation sites is 1. The Morgan fingerprint density at radius 2 is 1.62 bits per heavy atom. The second-order valence-corrected chi connectivity index (χ2v) is 5.56. The average molecular weight is 283 g/mol. The molecule has 0 aromatic heterocycles. The molecule has 0 radical (unpaired) electrons. The van der Waals surface area contributed by atoms with Crippen molar-refractivity contribution in [2.75, 3.05) is 13.2 Å². The predicted octanol–water partition coefficient (Wildman–Crippen LogP) is 2.18. The number of aliphatic hydroxyl groups is 1. The van der Waals surface area contributed by atoms with E-state index in [1.54, 1.807) is 0 Å². The second-order valence-electron chi connectivity index (χ2n) is 5.56. The molecule has 1 atom stereocenters. The van der Waals surface area contributed by atoms with Crippen LogP contribution in [-0.4, -0.2) is 30.4 Å². The van der Waals surface area contributed by atoms with Crippen molar-refractivity contribution < 1.29 is 9.84 Å². The van der Waals surface area contributed by atoms with Crippen LogP contribution in [0, 0.1) is 0 Å². The largest absolute Gasteiger partial charge is 0.491 e. The van der Waals surface area contributed by atoms with Gasteiger partial charge in [0.2, 0.25) is 0 Å². The molecule has 3 nitrogen and oxygen atoms in total. The third-order valence-corrected chi connectivity index (χ3v) is 3.88. The van der Waals surface area contributed by atoms with E-state index in [1.807, 2.05) is 30.3 Å². The quantitative estimate of drug-likeness (QED) is 0.854. The number of rotatable bonds is 6. The van der Waals surface area contributed by atoms with Gasteiger partial charge < -0.3 is 15.2 Å². The highest BCUT2D eigenvalue weighted by molar-refractivity contribution is 5.33. The van der Waals surface area contributed by atoms with E-state index in [-0.39, 0.29) is 0 Å². The molecule has 3 heteroatoms. The van der Waals surface area contributed by atoms with Crippen LogP contribution < -0.4 is 10.1 Å². The van der Waals surface area contributed by atoms with Crippen LogP contribution in [0.3, 0.4) is 0 Å². The van der Waals surface area contributed by atoms with Crippen LogP contribution in [0.15, 0.2) is 54.6 Å². The molecule has 3 rings (SSSR count). The van der Waals surface area contributed by atoms with Crippen LogP contribution in [0.2, 0.25) is 0 Å². The number of benzene rings is 2. The minimum Gasteiger partial charge on any atom is -0.491 e. The molecule has 0 aliphatic heterocycles. The number of nitrogens with one attached hydrogen (secondary N) is 1. The zero-order chi connectivity index (χ0) is 14.5. The summed E-state index contributed by atoms with van der Waals surface area (Å²) in [4.78, 5) is 0. The first-order chi connectivity index (χ1) is 10.3. The van der Waals surface area contributed by atoms with Crippen molar-refractivity contribution in [2.24, 2.45) is 0 Å². The van der Waals surface area contributed by atoms with Crippen molar-refractivity contribution in [2.45, 2.75) is 25.0 Å². The van der Waals surface area contributed by atoms with Gasteiger partial charge in [0.05, 0.1) is 0 Å². The van der Waals surface area contributed by atoms with Crippen molar-refractivity contribution in [1.29, 1.82) is 0 Å². The third kappa shape index (κ3) is 3.84. The Kier molecular flexibility index (Phi) is 4.53. The number of hydrogen-bond donors (Lipinski definition) is 2. The van der Waals surface area contributed by atoms with Gasteiger partial charge in [-0.25, -0.2) is 0 Å². The maximum Gasteiger partial charge on any atom is 0.119 e. The molecule has 1 unspecified atom stereocenters. The fourth-order valence-corrected chi connectivity index (χ4v) is 2.77. The van der Waals surface area contributed by atoms with Gasteiger partial charge in [-0.15, -0.1) is 0 Å². The van der Waals surface area contributed by atoms with Gasteiger partial charge in [-0.2, -0.15) is 0 Å². The lowest BCUT2D eigenvalue weighted by Crippen LogP contribution is -2.38. The summed E-state index contributed by atoms with van der Waals surface area (Å²) in [6.07, 6.45) is 1.60. The van der Waals surface area contributed by atoms with Gasteiger partial charge in [-0.3, -0.25) is 0 Å². The molecular weight excluding hydrogens is 262 g/mol. The van der Waals surface area contributed by atoms with Gasteiger partial charge in [-0.1, -0.05) is 42.5 Å². The van der Waals surface area contributed by atoms with Crippen molar-refractivity contribution in [3.8, 4) is 5.75 Å². The lowest BCUT2D eigenvalue weighted by Gasteiger charge is -2.16. The van der Waals surface area contributed by atoms with E-state index in [1.165, 1.54) is 11.1 Å². The Morgan fingerprint density at radius 3 is 2.29 bits per heavy atom. The first-order valence-electron chi connectivity index (χ1n) is 7.47. The number of fused-ring (bicyclic) bond motifs is 1. The lowest BCUT2D eigenvalue weighted by atomic mass is 10.1. The highest BCUT2D eigenvalue weighted by atomic mass is 16.5. The summed E-state index contributed by atoms with van der Waals surface area (Å²) in [5, 5.41) is 13.4. The normalized spacial score (nSPS) is 15.7. The van der Waals surface area contributed by atoms with Crippen molar-refractivity contribution in [3.05, 3.63) is 65.7 Å². The minimum absolute atomic E-state index is 0.316. The molecule has 21 heavy (non-hydrogen) atoms. The van der Waals surface area contributed by atoms with Crippen LogP contribution in [0.1, 0.15) is 11.1 Å². The number of aliphatic hydroxyl groups excluding tert-OH is 1. The maximum absolute atomic E-state index is 10.0. The Balaban J connectivity index is 1.40. The average Bonchev–Trinajstić information content (AvgIpc) is 2.95. The molecule has 0 fully saturated rings. The van der Waals surface area contributed by atoms with Gasteiger partial charge in [0.1, 0.15) is 18.5 Å². The first-order valence-corrected chi connectivity index (χ1v) is 7.47. The standard InChI is InChI=1S/C18H21NO2/c20-17(13-21-18-8-2-1-3-9-18)12-19-16-10-14-6-4-5-7-15(14)11-16/h1-9,16-17,19-20H,10-13H2. The molecule has 110 valence electrons. The van der Waals surface area contributed by atoms with Gasteiger partial charge in [0, 0.05) is 12.6 Å². The van der Waals surface area contributed by atoms with E-state index in [9.17, 15) is 5.11 Å². The molecule has 1 aliphatic rings. The zero-order valence-corrected chi connectivity index (χ0v) is 12.0. The smallest absolute Gasteiger partial charge is 0.119 e. The highest BCUT2D eigenvalue weighted by Crippen LogP contribution is 2.21. The SMILES string of the molecule is OC(CNC1Cc2ccccc2C1)COc1ccccc1. The van der Waals surface area contributed by atoms with E-state index in [0.717, 1.165) is 18.6 Å². The first kappa shape index (κ1) is 14.1. The second kappa shape index (κ2) is 6.74. The Morgan fingerprint density at radius 1 is 1.00 bits per heavy atom. The van der Waals surface area contributed by atoms with E-state index in [0.29, 0.717) is 19.2 Å². The fourth-order valence-electron chi connectivity index (χ4n) is 2.77. The summed E-state index contributed by atoms with van der Waals surface area (Å²) in [7, 11) is 0. The van der Waals surface area contributed by atoms with Crippen LogP contribution in [0.4, 0.5) is 0 Å². The molecule has 0 amide bonds. The van der Waals surface area contributed by atoms with Crippen molar-refractivity contribution >= 4 is 0 Å². The minimum atomic E-state index is -0.492. The Bertz CT molecular complexity index is 545. The molecule has 0 heterocycles.